The Morgan fingerprint density at radius 1 is 0.840 bits per heavy atom. The molecule has 25 heavy (non-hydrogen) atoms. The minimum absolute atomic E-state index is 0.0666. The van der Waals surface area contributed by atoms with Crippen molar-refractivity contribution in [1.82, 2.24) is 0 Å². The van der Waals surface area contributed by atoms with Gasteiger partial charge in [-0.1, -0.05) is 59.2 Å². The Hall–Kier alpha value is -0.910. The van der Waals surface area contributed by atoms with Gasteiger partial charge >= 0.3 is 0 Å². The van der Waals surface area contributed by atoms with Gasteiger partial charge in [-0.25, -0.2) is 0 Å². The topological polar surface area (TPSA) is 54.4 Å². The summed E-state index contributed by atoms with van der Waals surface area (Å²) in [6.45, 7) is 19.8. The minimum atomic E-state index is -4.02. The molecule has 0 aliphatic rings. The van der Waals surface area contributed by atoms with Gasteiger partial charge < -0.3 is 4.48 Å². The zero-order valence-corrected chi connectivity index (χ0v) is 18.1. The van der Waals surface area contributed by atoms with Crippen LogP contribution >= 0.6 is 0 Å². The highest BCUT2D eigenvalue weighted by Gasteiger charge is 2.25. The van der Waals surface area contributed by atoms with Gasteiger partial charge in [0.15, 0.2) is 0 Å². The Labute approximate surface area is 155 Å². The molecule has 0 heterocycles. The van der Waals surface area contributed by atoms with Crippen LogP contribution in [0.1, 0.15) is 47.1 Å². The Morgan fingerprint density at radius 3 is 1.40 bits per heavy atom. The highest BCUT2D eigenvalue weighted by atomic mass is 32.2. The maximum Gasteiger partial charge on any atom is 0.294 e. The van der Waals surface area contributed by atoms with Crippen molar-refractivity contribution >= 4 is 10.1 Å². The maximum absolute atomic E-state index is 10.5. The molecule has 0 aromatic heterocycles. The molecule has 1 aromatic carbocycles. The lowest BCUT2D eigenvalue weighted by atomic mass is 10.1. The van der Waals surface area contributed by atoms with Crippen molar-refractivity contribution in [2.24, 2.45) is 17.8 Å². The molecule has 0 aliphatic carbocycles. The SMILES string of the molecule is CC(C)C[N+](C)(CC(C)C)CC(C)C.Cc1ccc(S(=O)(=O)O)cc1. The molecule has 1 N–H and O–H groups in total. The van der Waals surface area contributed by atoms with E-state index in [1.165, 1.54) is 36.3 Å². The van der Waals surface area contributed by atoms with Crippen LogP contribution < -0.4 is 0 Å². The first-order valence-electron chi connectivity index (χ1n) is 9.13. The average molecular weight is 373 g/mol. The van der Waals surface area contributed by atoms with E-state index in [4.69, 9.17) is 4.55 Å². The second kappa shape index (κ2) is 10.3. The van der Waals surface area contributed by atoms with Gasteiger partial charge in [-0.15, -0.1) is 0 Å². The van der Waals surface area contributed by atoms with E-state index in [1.807, 2.05) is 6.92 Å². The van der Waals surface area contributed by atoms with E-state index in [0.29, 0.717) is 0 Å². The van der Waals surface area contributed by atoms with Crippen molar-refractivity contribution in [3.63, 3.8) is 0 Å². The van der Waals surface area contributed by atoms with Gasteiger partial charge in [-0.05, 0) is 19.1 Å². The van der Waals surface area contributed by atoms with Gasteiger partial charge in [0, 0.05) is 17.8 Å². The Kier molecular flexibility index (Phi) is 9.92. The smallest absolute Gasteiger partial charge is 0.294 e. The summed E-state index contributed by atoms with van der Waals surface area (Å²) >= 11 is 0. The van der Waals surface area contributed by atoms with E-state index < -0.39 is 10.1 Å². The van der Waals surface area contributed by atoms with Crippen LogP contribution in [0.25, 0.3) is 0 Å². The van der Waals surface area contributed by atoms with Crippen molar-refractivity contribution in [3.05, 3.63) is 29.8 Å². The number of benzene rings is 1. The van der Waals surface area contributed by atoms with Crippen LogP contribution in [0.15, 0.2) is 29.2 Å². The van der Waals surface area contributed by atoms with Gasteiger partial charge in [-0.3, -0.25) is 4.55 Å². The van der Waals surface area contributed by atoms with Crippen LogP contribution in [0.4, 0.5) is 0 Å². The number of quaternary nitrogens is 1. The molecule has 0 fully saturated rings. The number of rotatable bonds is 7. The highest BCUT2D eigenvalue weighted by molar-refractivity contribution is 7.85. The van der Waals surface area contributed by atoms with E-state index in [0.717, 1.165) is 23.3 Å². The summed E-state index contributed by atoms with van der Waals surface area (Å²) in [5.74, 6) is 2.41. The first kappa shape index (κ1) is 24.1. The largest absolute Gasteiger partial charge is 0.325 e. The van der Waals surface area contributed by atoms with Gasteiger partial charge in [0.05, 0.1) is 31.6 Å². The Bertz CT molecular complexity index is 563. The molecule has 146 valence electrons. The first-order chi connectivity index (χ1) is 11.2. The highest BCUT2D eigenvalue weighted by Crippen LogP contribution is 2.15. The van der Waals surface area contributed by atoms with Crippen molar-refractivity contribution in [3.8, 4) is 0 Å². The second-order valence-corrected chi connectivity index (χ2v) is 10.1. The van der Waals surface area contributed by atoms with Gasteiger partial charge in [0.1, 0.15) is 0 Å². The fourth-order valence-electron chi connectivity index (χ4n) is 3.58. The lowest BCUT2D eigenvalue weighted by Crippen LogP contribution is -2.50. The summed E-state index contributed by atoms with van der Waals surface area (Å²) in [5.41, 5.74) is 0.956. The molecule has 1 rings (SSSR count). The third-order valence-electron chi connectivity index (χ3n) is 3.74. The van der Waals surface area contributed by atoms with Gasteiger partial charge in [-0.2, -0.15) is 8.42 Å². The van der Waals surface area contributed by atoms with Gasteiger partial charge in [0.2, 0.25) is 0 Å². The summed E-state index contributed by atoms with van der Waals surface area (Å²) in [4.78, 5) is -0.0666. The molecule has 0 bridgehead atoms. The molecular formula is C20H38NO3S+. The molecule has 0 atom stereocenters. The first-order valence-corrected chi connectivity index (χ1v) is 10.6. The molecule has 4 nitrogen and oxygen atoms in total. The van der Waals surface area contributed by atoms with E-state index in [9.17, 15) is 8.42 Å². The lowest BCUT2D eigenvalue weighted by Gasteiger charge is -2.39. The number of hydrogen-bond acceptors (Lipinski definition) is 2. The summed E-state index contributed by atoms with van der Waals surface area (Å²) in [7, 11) is -1.60. The van der Waals surface area contributed by atoms with Crippen LogP contribution in [0, 0.1) is 24.7 Å². The van der Waals surface area contributed by atoms with Crippen molar-refractivity contribution in [1.29, 1.82) is 0 Å². The van der Waals surface area contributed by atoms with Gasteiger partial charge in [0.25, 0.3) is 10.1 Å². The van der Waals surface area contributed by atoms with Crippen LogP contribution in [0.3, 0.4) is 0 Å². The molecule has 0 radical (unpaired) electrons. The monoisotopic (exact) mass is 372 g/mol. The predicted octanol–water partition coefficient (Wildman–Crippen LogP) is 4.64. The Morgan fingerprint density at radius 2 is 1.16 bits per heavy atom. The fraction of sp³-hybridized carbons (Fsp3) is 0.700. The molecule has 0 unspecified atom stereocenters. The standard InChI is InChI=1S/C13H30N.C7H8O3S/c1-11(2)8-14(7,9-12(3)4)10-13(5)6;1-6-2-4-7(5-3-6)11(8,9)10/h11-13H,8-10H2,1-7H3;2-5H,1H3,(H,8,9,10)/q+1;. The molecule has 0 saturated carbocycles. The number of aryl methyl sites for hydroxylation is 1. The predicted molar refractivity (Wildman–Crippen MR) is 106 cm³/mol. The zero-order valence-electron chi connectivity index (χ0n) is 17.3. The average Bonchev–Trinajstić information content (AvgIpc) is 2.34. The molecule has 0 aliphatic heterocycles. The molecule has 0 spiro atoms. The molecule has 5 heteroatoms. The van der Waals surface area contributed by atoms with Crippen molar-refractivity contribution < 1.29 is 17.5 Å². The summed E-state index contributed by atoms with van der Waals surface area (Å²) in [6.07, 6.45) is 0. The molecule has 0 amide bonds. The van der Waals surface area contributed by atoms with E-state index >= 15 is 0 Å². The Balaban J connectivity index is 0.000000472. The fourth-order valence-corrected chi connectivity index (χ4v) is 4.06. The number of nitrogens with zero attached hydrogens (tertiary/aromatic N) is 1. The van der Waals surface area contributed by atoms with Crippen LogP contribution in [-0.4, -0.2) is 44.1 Å². The van der Waals surface area contributed by atoms with Crippen LogP contribution in [0.2, 0.25) is 0 Å². The summed E-state index contributed by atoms with van der Waals surface area (Å²) in [6, 6.07) is 5.99. The molecule has 0 saturated heterocycles. The lowest BCUT2D eigenvalue weighted by molar-refractivity contribution is -0.917. The van der Waals surface area contributed by atoms with E-state index in [1.54, 1.807) is 12.1 Å². The van der Waals surface area contributed by atoms with Crippen LogP contribution in [0.5, 0.6) is 0 Å². The van der Waals surface area contributed by atoms with E-state index in [2.05, 4.69) is 48.6 Å². The normalized spacial score (nSPS) is 12.5. The van der Waals surface area contributed by atoms with E-state index in [-0.39, 0.29) is 4.90 Å². The molecular weight excluding hydrogens is 334 g/mol. The van der Waals surface area contributed by atoms with Crippen LogP contribution in [-0.2, 0) is 10.1 Å². The van der Waals surface area contributed by atoms with Crippen molar-refractivity contribution in [2.45, 2.75) is 53.4 Å². The zero-order chi connectivity index (χ0) is 19.8. The molecule has 1 aromatic rings. The second-order valence-electron chi connectivity index (χ2n) is 8.64. The minimum Gasteiger partial charge on any atom is -0.325 e. The summed E-state index contributed by atoms with van der Waals surface area (Å²) < 4.78 is 30.8. The quantitative estimate of drug-likeness (QED) is 0.560. The maximum atomic E-state index is 10.5. The third-order valence-corrected chi connectivity index (χ3v) is 4.60. The number of hydrogen-bond donors (Lipinski definition) is 1. The van der Waals surface area contributed by atoms with Crippen molar-refractivity contribution in [2.75, 3.05) is 26.7 Å². The third kappa shape index (κ3) is 11.3. The summed E-state index contributed by atoms with van der Waals surface area (Å²) in [5, 5.41) is 0.